The molecule has 1 aliphatic carbocycles. The second kappa shape index (κ2) is 6.76. The molecule has 0 bridgehead atoms. The van der Waals surface area contributed by atoms with Gasteiger partial charge in [-0.3, -0.25) is 4.79 Å². The number of furan rings is 1. The first-order chi connectivity index (χ1) is 12.5. The van der Waals surface area contributed by atoms with Gasteiger partial charge in [0.25, 0.3) is 0 Å². The molecular weight excluding hydrogens is 354 g/mol. The minimum atomic E-state index is -0.264. The summed E-state index contributed by atoms with van der Waals surface area (Å²) in [5.74, 6) is 1.79. The molecule has 7 heteroatoms. The number of rotatable bonds is 5. The molecule has 4 rings (SSSR count). The van der Waals surface area contributed by atoms with E-state index in [9.17, 15) is 4.79 Å². The highest BCUT2D eigenvalue weighted by Gasteiger charge is 2.28. The number of nitrogens with zero attached hydrogens (tertiary/aromatic N) is 2. The van der Waals surface area contributed by atoms with Crippen LogP contribution in [-0.4, -0.2) is 16.0 Å². The van der Waals surface area contributed by atoms with Crippen LogP contribution in [0.4, 0.5) is 0 Å². The van der Waals surface area contributed by atoms with E-state index in [0.717, 1.165) is 23.0 Å². The topological polar surface area (TPSA) is 81.2 Å². The van der Waals surface area contributed by atoms with Gasteiger partial charge in [0.2, 0.25) is 17.6 Å². The van der Waals surface area contributed by atoms with Crippen molar-refractivity contribution in [2.24, 2.45) is 5.92 Å². The van der Waals surface area contributed by atoms with Gasteiger partial charge in [-0.2, -0.15) is 4.98 Å². The average molecular weight is 374 g/mol. The van der Waals surface area contributed by atoms with Crippen molar-refractivity contribution in [3.05, 3.63) is 34.7 Å². The van der Waals surface area contributed by atoms with Gasteiger partial charge in [-0.1, -0.05) is 36.0 Å². The summed E-state index contributed by atoms with van der Waals surface area (Å²) in [6, 6.07) is 5.28. The zero-order valence-electron chi connectivity index (χ0n) is 14.7. The Kier molecular flexibility index (Phi) is 4.44. The van der Waals surface area contributed by atoms with E-state index in [-0.39, 0.29) is 11.9 Å². The number of amides is 1. The molecule has 0 aliphatic heterocycles. The van der Waals surface area contributed by atoms with Crippen molar-refractivity contribution in [2.45, 2.75) is 45.6 Å². The van der Waals surface area contributed by atoms with Crippen molar-refractivity contribution in [1.29, 1.82) is 0 Å². The minimum absolute atomic E-state index is 0.108. The van der Waals surface area contributed by atoms with E-state index in [0.29, 0.717) is 28.4 Å². The molecule has 1 aromatic carbocycles. The van der Waals surface area contributed by atoms with Crippen molar-refractivity contribution in [2.75, 3.05) is 0 Å². The lowest BCUT2D eigenvalue weighted by atomic mass is 9.81. The number of aromatic nitrogens is 2. The molecule has 6 nitrogen and oxygen atoms in total. The highest BCUT2D eigenvalue weighted by atomic mass is 35.5. The van der Waals surface area contributed by atoms with Crippen LogP contribution in [0.3, 0.4) is 0 Å². The number of carbonyl (C=O) groups excluding carboxylic acids is 1. The molecule has 0 saturated heterocycles. The summed E-state index contributed by atoms with van der Waals surface area (Å²) in [7, 11) is 0. The Morgan fingerprint density at radius 1 is 1.38 bits per heavy atom. The van der Waals surface area contributed by atoms with Gasteiger partial charge in [0.15, 0.2) is 5.76 Å². The smallest absolute Gasteiger partial charge is 0.249 e. The largest absolute Gasteiger partial charge is 0.452 e. The van der Waals surface area contributed by atoms with Gasteiger partial charge in [0, 0.05) is 17.3 Å². The lowest BCUT2D eigenvalue weighted by Gasteiger charge is -2.28. The molecule has 3 aromatic rings. The molecule has 2 aromatic heterocycles. The summed E-state index contributed by atoms with van der Waals surface area (Å²) in [5.41, 5.74) is 1.70. The second-order valence-electron chi connectivity index (χ2n) is 6.99. The van der Waals surface area contributed by atoms with E-state index in [2.05, 4.69) is 15.5 Å². The van der Waals surface area contributed by atoms with Crippen LogP contribution < -0.4 is 5.32 Å². The summed E-state index contributed by atoms with van der Waals surface area (Å²) in [6.07, 6.45) is 4.42. The van der Waals surface area contributed by atoms with Gasteiger partial charge in [-0.15, -0.1) is 0 Å². The van der Waals surface area contributed by atoms with E-state index in [1.807, 2.05) is 25.1 Å². The molecule has 2 heterocycles. The molecule has 1 atom stereocenters. The Morgan fingerprint density at radius 3 is 2.88 bits per heavy atom. The van der Waals surface area contributed by atoms with E-state index >= 15 is 0 Å². The van der Waals surface area contributed by atoms with Crippen molar-refractivity contribution < 1.29 is 13.7 Å². The second-order valence-corrected chi connectivity index (χ2v) is 7.43. The van der Waals surface area contributed by atoms with E-state index in [4.69, 9.17) is 20.5 Å². The number of benzene rings is 1. The number of fused-ring (bicyclic) bond motifs is 1. The molecule has 1 fully saturated rings. The number of nitrogens with one attached hydrogen (secondary N) is 1. The zero-order chi connectivity index (χ0) is 18.3. The molecular formula is C19H20ClN3O3. The third kappa shape index (κ3) is 3.33. The first-order valence-electron chi connectivity index (χ1n) is 8.80. The fraction of sp³-hybridized carbons (Fsp3) is 0.421. The first kappa shape index (κ1) is 17.1. The van der Waals surface area contributed by atoms with Gasteiger partial charge >= 0.3 is 0 Å². The van der Waals surface area contributed by atoms with Crippen molar-refractivity contribution in [1.82, 2.24) is 15.5 Å². The van der Waals surface area contributed by atoms with Crippen molar-refractivity contribution >= 4 is 28.5 Å². The highest BCUT2D eigenvalue weighted by molar-refractivity contribution is 6.31. The number of halogens is 1. The predicted octanol–water partition coefficient (Wildman–Crippen LogP) is 4.81. The lowest BCUT2D eigenvalue weighted by Crippen LogP contribution is -2.29. The molecule has 136 valence electrons. The zero-order valence-corrected chi connectivity index (χ0v) is 15.5. The van der Waals surface area contributed by atoms with Crippen LogP contribution in [0.1, 0.15) is 50.1 Å². The predicted molar refractivity (Wildman–Crippen MR) is 97.8 cm³/mol. The fourth-order valence-corrected chi connectivity index (χ4v) is 3.68. The minimum Gasteiger partial charge on any atom is -0.452 e. The standard InChI is InChI=1S/C19H20ClN3O3/c1-10-6-14(20)8-13-9-16(25-17(10)13)18-22-19(26-23-18)15(21-11(2)24)7-12-4-3-5-12/h6,8-9,12,15H,3-5,7H2,1-2H3,(H,21,24)/t15-/m1/s1. The van der Waals surface area contributed by atoms with E-state index in [1.165, 1.54) is 26.2 Å². The molecule has 0 unspecified atom stereocenters. The number of hydrogen-bond acceptors (Lipinski definition) is 5. The maximum atomic E-state index is 11.5. The molecule has 1 saturated carbocycles. The third-order valence-electron chi connectivity index (χ3n) is 4.90. The highest BCUT2D eigenvalue weighted by Crippen LogP contribution is 2.35. The molecule has 0 radical (unpaired) electrons. The van der Waals surface area contributed by atoms with Gasteiger partial charge in [-0.25, -0.2) is 0 Å². The van der Waals surface area contributed by atoms with Crippen LogP contribution >= 0.6 is 11.6 Å². The van der Waals surface area contributed by atoms with Gasteiger partial charge in [0.05, 0.1) is 0 Å². The van der Waals surface area contributed by atoms with Crippen LogP contribution in [0.5, 0.6) is 0 Å². The van der Waals surface area contributed by atoms with Crippen LogP contribution in [0, 0.1) is 12.8 Å². The number of carbonyl (C=O) groups is 1. The van der Waals surface area contributed by atoms with Crippen LogP contribution in [0.25, 0.3) is 22.6 Å². The van der Waals surface area contributed by atoms with Crippen LogP contribution in [0.2, 0.25) is 5.02 Å². The monoisotopic (exact) mass is 373 g/mol. The number of hydrogen-bond donors (Lipinski definition) is 1. The van der Waals surface area contributed by atoms with Crippen LogP contribution in [-0.2, 0) is 4.79 Å². The maximum absolute atomic E-state index is 11.5. The Hall–Kier alpha value is -2.34. The number of aryl methyl sites for hydroxylation is 1. The fourth-order valence-electron chi connectivity index (χ4n) is 3.40. The Labute approximate surface area is 155 Å². The summed E-state index contributed by atoms with van der Waals surface area (Å²) >= 11 is 6.11. The van der Waals surface area contributed by atoms with Crippen molar-refractivity contribution in [3.8, 4) is 11.6 Å². The van der Waals surface area contributed by atoms with Gasteiger partial charge in [0.1, 0.15) is 11.6 Å². The quantitative estimate of drug-likeness (QED) is 0.693. The van der Waals surface area contributed by atoms with Gasteiger partial charge < -0.3 is 14.3 Å². The summed E-state index contributed by atoms with van der Waals surface area (Å²) < 4.78 is 11.3. The Bertz CT molecular complexity index is 958. The van der Waals surface area contributed by atoms with E-state index < -0.39 is 0 Å². The maximum Gasteiger partial charge on any atom is 0.249 e. The molecule has 26 heavy (non-hydrogen) atoms. The SMILES string of the molecule is CC(=O)N[C@H](CC1CCC1)c1nc(-c2cc3cc(Cl)cc(C)c3o2)no1. The molecule has 1 aliphatic rings. The molecule has 1 N–H and O–H groups in total. The summed E-state index contributed by atoms with van der Waals surface area (Å²) in [4.78, 5) is 16.0. The third-order valence-corrected chi connectivity index (χ3v) is 5.12. The Balaban J connectivity index is 1.63. The Morgan fingerprint density at radius 2 is 2.19 bits per heavy atom. The summed E-state index contributed by atoms with van der Waals surface area (Å²) in [5, 5.41) is 8.52. The average Bonchev–Trinajstić information content (AvgIpc) is 3.15. The van der Waals surface area contributed by atoms with E-state index in [1.54, 1.807) is 0 Å². The molecule has 0 spiro atoms. The lowest BCUT2D eigenvalue weighted by molar-refractivity contribution is -0.120. The molecule has 1 amide bonds. The van der Waals surface area contributed by atoms with Crippen LogP contribution in [0.15, 0.2) is 27.1 Å². The normalized spacial score (nSPS) is 15.8. The van der Waals surface area contributed by atoms with Crippen molar-refractivity contribution in [3.63, 3.8) is 0 Å². The van der Waals surface area contributed by atoms with Gasteiger partial charge in [-0.05, 0) is 43.0 Å². The summed E-state index contributed by atoms with van der Waals surface area (Å²) in [6.45, 7) is 3.44. The first-order valence-corrected chi connectivity index (χ1v) is 9.18.